The zero-order valence-corrected chi connectivity index (χ0v) is 23.3. The molecule has 0 aliphatic carbocycles. The number of benzene rings is 3. The van der Waals surface area contributed by atoms with Crippen molar-refractivity contribution in [3.8, 4) is 22.8 Å². The second-order valence-electron chi connectivity index (χ2n) is 9.85. The number of alkyl halides is 3. The van der Waals surface area contributed by atoms with Gasteiger partial charge in [0.1, 0.15) is 22.9 Å². The van der Waals surface area contributed by atoms with Crippen molar-refractivity contribution in [2.24, 2.45) is 0 Å². The molecule has 0 atom stereocenters. The van der Waals surface area contributed by atoms with Crippen LogP contribution >= 0.6 is 0 Å². The monoisotopic (exact) mass is 582 g/mol. The number of nitrogens with zero attached hydrogens (tertiary/aromatic N) is 3. The lowest BCUT2D eigenvalue weighted by Crippen LogP contribution is -2.44. The first-order valence-corrected chi connectivity index (χ1v) is 14.5. The van der Waals surface area contributed by atoms with Gasteiger partial charge in [0.2, 0.25) is 0 Å². The van der Waals surface area contributed by atoms with Crippen LogP contribution in [0.1, 0.15) is 11.1 Å². The summed E-state index contributed by atoms with van der Waals surface area (Å²) in [5.74, 6) is -0.694. The highest BCUT2D eigenvalue weighted by Crippen LogP contribution is 2.45. The lowest BCUT2D eigenvalue weighted by molar-refractivity contribution is -0.138. The number of anilines is 2. The number of ether oxygens (including phenoxy) is 1. The van der Waals surface area contributed by atoms with E-state index in [0.717, 1.165) is 37.9 Å². The number of pyridine rings is 1. The van der Waals surface area contributed by atoms with Gasteiger partial charge in [-0.25, -0.2) is 13.4 Å². The van der Waals surface area contributed by atoms with Gasteiger partial charge in [-0.05, 0) is 55.9 Å². The molecule has 5 rings (SSSR count). The Hall–Kier alpha value is -4.09. The zero-order chi connectivity index (χ0) is 29.2. The molecule has 4 aromatic rings. The smallest absolute Gasteiger partial charge is 0.422 e. The number of halogens is 3. The quantitative estimate of drug-likeness (QED) is 0.271. The van der Waals surface area contributed by atoms with E-state index in [1.807, 2.05) is 0 Å². The molecule has 1 aliphatic rings. The highest BCUT2D eigenvalue weighted by Gasteiger charge is 2.40. The minimum absolute atomic E-state index is 0.0545. The van der Waals surface area contributed by atoms with Crippen molar-refractivity contribution in [1.29, 1.82) is 0 Å². The van der Waals surface area contributed by atoms with Gasteiger partial charge in [0, 0.05) is 43.5 Å². The van der Waals surface area contributed by atoms with E-state index in [2.05, 4.69) is 26.6 Å². The van der Waals surface area contributed by atoms with Crippen LogP contribution in [0.4, 0.5) is 24.7 Å². The van der Waals surface area contributed by atoms with Crippen molar-refractivity contribution >= 4 is 21.5 Å². The summed E-state index contributed by atoms with van der Waals surface area (Å²) in [6.07, 6.45) is -4.85. The maximum Gasteiger partial charge on any atom is 0.422 e. The summed E-state index contributed by atoms with van der Waals surface area (Å²) >= 11 is 0. The van der Waals surface area contributed by atoms with Crippen molar-refractivity contribution in [2.75, 3.05) is 42.8 Å². The molecular formula is C30H29F3N4O3S. The lowest BCUT2D eigenvalue weighted by atomic mass is 10.00. The molecule has 11 heteroatoms. The summed E-state index contributed by atoms with van der Waals surface area (Å²) in [4.78, 5) is 8.54. The fraction of sp³-hybridized carbons (Fsp3) is 0.233. The van der Waals surface area contributed by atoms with E-state index in [4.69, 9.17) is 4.74 Å². The molecule has 41 heavy (non-hydrogen) atoms. The molecule has 1 fully saturated rings. The Balaban J connectivity index is 1.58. The van der Waals surface area contributed by atoms with Crippen molar-refractivity contribution in [2.45, 2.75) is 18.0 Å². The van der Waals surface area contributed by atoms with Crippen LogP contribution in [0, 0.1) is 6.92 Å². The van der Waals surface area contributed by atoms with Gasteiger partial charge in [-0.3, -0.25) is 4.72 Å². The largest absolute Gasteiger partial charge is 0.457 e. The molecule has 1 aromatic heterocycles. The van der Waals surface area contributed by atoms with Crippen LogP contribution in [-0.4, -0.2) is 51.5 Å². The third-order valence-electron chi connectivity index (χ3n) is 6.89. The van der Waals surface area contributed by atoms with Gasteiger partial charge < -0.3 is 14.5 Å². The molecular weight excluding hydrogens is 553 g/mol. The topological polar surface area (TPSA) is 74.8 Å². The van der Waals surface area contributed by atoms with E-state index in [1.165, 1.54) is 18.2 Å². The third-order valence-corrected chi connectivity index (χ3v) is 8.26. The number of likely N-dealkylation sites (N-methyl/N-ethyl adjacent to an activating group) is 1. The summed E-state index contributed by atoms with van der Waals surface area (Å²) in [6.45, 7) is 5.16. The average molecular weight is 583 g/mol. The SMILES string of the molecule is Cc1ccccc1-c1nc(NS(=O)(=O)c2ccccc2)cc(Oc2ccc(N3CCN(C)CC3)cc2)c1C(F)(F)F. The van der Waals surface area contributed by atoms with Gasteiger partial charge in [0.25, 0.3) is 10.0 Å². The predicted molar refractivity (Wildman–Crippen MR) is 153 cm³/mol. The summed E-state index contributed by atoms with van der Waals surface area (Å²) < 4.78 is 78.2. The molecule has 2 heterocycles. The number of rotatable bonds is 7. The number of sulfonamides is 1. The molecule has 0 saturated carbocycles. The van der Waals surface area contributed by atoms with Gasteiger partial charge in [-0.2, -0.15) is 13.2 Å². The molecule has 0 amide bonds. The minimum Gasteiger partial charge on any atom is -0.457 e. The minimum atomic E-state index is -4.85. The molecule has 0 radical (unpaired) electrons. The standard InChI is InChI=1S/C30H29F3N4O3S/c1-21-8-6-7-11-25(21)29-28(30(31,32)33)26(20-27(34-29)35-41(38,39)24-9-4-3-5-10-24)40-23-14-12-22(13-15-23)37-18-16-36(2)17-19-37/h3-15,20H,16-19H2,1-2H3,(H,34,35). The van der Waals surface area contributed by atoms with Gasteiger partial charge in [0.05, 0.1) is 10.6 Å². The molecule has 7 nitrogen and oxygen atoms in total. The molecule has 3 aromatic carbocycles. The second-order valence-corrected chi connectivity index (χ2v) is 11.5. The first-order chi connectivity index (χ1) is 19.5. The van der Waals surface area contributed by atoms with Crippen LogP contribution in [0.25, 0.3) is 11.3 Å². The summed E-state index contributed by atoms with van der Waals surface area (Å²) in [5, 5.41) is 0. The van der Waals surface area contributed by atoms with Crippen LogP contribution < -0.4 is 14.4 Å². The molecule has 1 saturated heterocycles. The van der Waals surface area contributed by atoms with Crippen LogP contribution in [0.2, 0.25) is 0 Å². The second kappa shape index (κ2) is 11.4. The summed E-state index contributed by atoms with van der Waals surface area (Å²) in [5.41, 5.74) is 0.144. The molecule has 0 unspecified atom stereocenters. The number of hydrogen-bond donors (Lipinski definition) is 1. The van der Waals surface area contributed by atoms with E-state index < -0.39 is 33.2 Å². The first-order valence-electron chi connectivity index (χ1n) is 13.0. The highest BCUT2D eigenvalue weighted by molar-refractivity contribution is 7.92. The summed E-state index contributed by atoms with van der Waals surface area (Å²) in [6, 6.07) is 21.8. The third kappa shape index (κ3) is 6.47. The Labute approximate surface area is 237 Å². The first kappa shape index (κ1) is 28.4. The van der Waals surface area contributed by atoms with Gasteiger partial charge in [0.15, 0.2) is 0 Å². The maximum atomic E-state index is 14.6. The molecule has 0 bridgehead atoms. The number of aromatic nitrogens is 1. The fourth-order valence-electron chi connectivity index (χ4n) is 4.67. The van der Waals surface area contributed by atoms with Crippen LogP contribution in [-0.2, 0) is 16.2 Å². The Morgan fingerprint density at radius 1 is 0.878 bits per heavy atom. The number of hydrogen-bond acceptors (Lipinski definition) is 6. The highest BCUT2D eigenvalue weighted by atomic mass is 32.2. The Morgan fingerprint density at radius 2 is 1.51 bits per heavy atom. The van der Waals surface area contributed by atoms with E-state index in [-0.39, 0.29) is 22.0 Å². The summed E-state index contributed by atoms with van der Waals surface area (Å²) in [7, 11) is -2.08. The van der Waals surface area contributed by atoms with E-state index in [0.29, 0.717) is 5.56 Å². The molecule has 1 aliphatic heterocycles. The molecule has 214 valence electrons. The number of aryl methyl sites for hydroxylation is 1. The zero-order valence-electron chi connectivity index (χ0n) is 22.5. The molecule has 1 N–H and O–H groups in total. The number of nitrogens with one attached hydrogen (secondary N) is 1. The molecule has 0 spiro atoms. The predicted octanol–water partition coefficient (Wildman–Crippen LogP) is 6.42. The average Bonchev–Trinajstić information content (AvgIpc) is 2.93. The van der Waals surface area contributed by atoms with Crippen molar-refractivity contribution in [1.82, 2.24) is 9.88 Å². The van der Waals surface area contributed by atoms with Gasteiger partial charge in [-0.1, -0.05) is 42.5 Å². The maximum absolute atomic E-state index is 14.6. The van der Waals surface area contributed by atoms with Crippen LogP contribution in [0.5, 0.6) is 11.5 Å². The van der Waals surface area contributed by atoms with E-state index >= 15 is 0 Å². The van der Waals surface area contributed by atoms with E-state index in [1.54, 1.807) is 67.6 Å². The van der Waals surface area contributed by atoms with Gasteiger partial charge >= 0.3 is 6.18 Å². The van der Waals surface area contributed by atoms with Crippen molar-refractivity contribution in [3.63, 3.8) is 0 Å². The van der Waals surface area contributed by atoms with Gasteiger partial charge in [-0.15, -0.1) is 0 Å². The van der Waals surface area contributed by atoms with Crippen LogP contribution in [0.15, 0.2) is 89.8 Å². The Morgan fingerprint density at radius 3 is 2.15 bits per heavy atom. The van der Waals surface area contributed by atoms with Crippen molar-refractivity contribution < 1.29 is 26.3 Å². The Bertz CT molecular complexity index is 1620. The lowest BCUT2D eigenvalue weighted by Gasteiger charge is -2.34. The normalized spacial score (nSPS) is 14.6. The number of piperazine rings is 1. The Kier molecular flexibility index (Phi) is 7.92. The van der Waals surface area contributed by atoms with Crippen LogP contribution in [0.3, 0.4) is 0 Å². The fourth-order valence-corrected chi connectivity index (χ4v) is 5.69. The van der Waals surface area contributed by atoms with Crippen molar-refractivity contribution in [3.05, 3.63) is 96.1 Å². The van der Waals surface area contributed by atoms with E-state index in [9.17, 15) is 21.6 Å².